The first-order valence-corrected chi connectivity index (χ1v) is 3.30. The van der Waals surface area contributed by atoms with Crippen LogP contribution in [0.3, 0.4) is 0 Å². The maximum absolute atomic E-state index is 10.3. The van der Waals surface area contributed by atoms with Gasteiger partial charge in [-0.3, -0.25) is 0 Å². The maximum atomic E-state index is 10.3. The van der Waals surface area contributed by atoms with Crippen molar-refractivity contribution in [3.05, 3.63) is 0 Å². The van der Waals surface area contributed by atoms with Gasteiger partial charge in [-0.1, -0.05) is 11.6 Å². The molecule has 4 nitrogen and oxygen atoms in total. The van der Waals surface area contributed by atoms with E-state index in [-0.39, 0.29) is 0 Å². The van der Waals surface area contributed by atoms with Crippen LogP contribution in [0.4, 0.5) is 4.79 Å². The van der Waals surface area contributed by atoms with Crippen LogP contribution in [0.25, 0.3) is 0 Å². The average Bonchev–Trinajstić information content (AvgIpc) is 2.13. The Morgan fingerprint density at radius 2 is 2.40 bits per heavy atom. The summed E-state index contributed by atoms with van der Waals surface area (Å²) in [5, 5.41) is 0. The molecule has 1 aliphatic rings. The van der Waals surface area contributed by atoms with Crippen molar-refractivity contribution in [1.29, 1.82) is 0 Å². The highest BCUT2D eigenvalue weighted by Crippen LogP contribution is 2.18. The lowest BCUT2D eigenvalue weighted by Gasteiger charge is -2.07. The lowest BCUT2D eigenvalue weighted by Crippen LogP contribution is -2.20. The molecule has 2 unspecified atom stereocenters. The molecular weight excluding hydrogens is 160 g/mol. The molecule has 0 aliphatic carbocycles. The summed E-state index contributed by atoms with van der Waals surface area (Å²) < 4.78 is 13.8. The highest BCUT2D eigenvalue weighted by atomic mass is 35.5. The third kappa shape index (κ3) is 1.52. The van der Waals surface area contributed by atoms with E-state index in [0.29, 0.717) is 6.61 Å². The summed E-state index contributed by atoms with van der Waals surface area (Å²) in [4.78, 5) is 10.3. The standard InChI is InChI=1S/C5H7ClO4/c1-2-8-4-3(6)9-5(7)10-4/h3-4H,2H2,1H3. The Kier molecular flexibility index (Phi) is 2.34. The van der Waals surface area contributed by atoms with Crippen LogP contribution in [0, 0.1) is 0 Å². The van der Waals surface area contributed by atoms with E-state index in [2.05, 4.69) is 9.47 Å². The quantitative estimate of drug-likeness (QED) is 0.455. The van der Waals surface area contributed by atoms with Gasteiger partial charge < -0.3 is 14.2 Å². The fourth-order valence-electron chi connectivity index (χ4n) is 0.598. The number of cyclic esters (lactones) is 2. The molecule has 0 amide bonds. The number of carbonyl (C=O) groups is 1. The normalized spacial score (nSPS) is 31.6. The summed E-state index contributed by atoms with van der Waals surface area (Å²) in [5.74, 6) is 0. The molecule has 0 spiro atoms. The predicted octanol–water partition coefficient (Wildman–Crippen LogP) is 1.08. The summed E-state index contributed by atoms with van der Waals surface area (Å²) >= 11 is 5.46. The number of carbonyl (C=O) groups excluding carboxylic acids is 1. The molecule has 10 heavy (non-hydrogen) atoms. The average molecular weight is 167 g/mol. The molecule has 0 N–H and O–H groups in total. The highest BCUT2D eigenvalue weighted by molar-refractivity contribution is 6.20. The molecule has 1 rings (SSSR count). The van der Waals surface area contributed by atoms with E-state index in [1.807, 2.05) is 0 Å². The number of alkyl halides is 1. The van der Waals surface area contributed by atoms with E-state index >= 15 is 0 Å². The van der Waals surface area contributed by atoms with Crippen LogP contribution < -0.4 is 0 Å². The van der Waals surface area contributed by atoms with E-state index in [1.165, 1.54) is 0 Å². The molecule has 0 aromatic rings. The lowest BCUT2D eigenvalue weighted by atomic mass is 10.7. The van der Waals surface area contributed by atoms with Gasteiger partial charge in [0.25, 0.3) is 6.29 Å². The van der Waals surface area contributed by atoms with Gasteiger partial charge in [0, 0.05) is 6.61 Å². The zero-order valence-electron chi connectivity index (χ0n) is 5.37. The van der Waals surface area contributed by atoms with Crippen molar-refractivity contribution in [2.45, 2.75) is 18.8 Å². The van der Waals surface area contributed by atoms with Crippen LogP contribution in [0.2, 0.25) is 0 Å². The molecule has 1 fully saturated rings. The Balaban J connectivity index is 2.38. The molecular formula is C5H7ClO4. The van der Waals surface area contributed by atoms with Crippen LogP contribution >= 0.6 is 11.6 Å². The Labute approximate surface area is 63.0 Å². The maximum Gasteiger partial charge on any atom is 0.512 e. The molecule has 58 valence electrons. The molecule has 0 radical (unpaired) electrons. The van der Waals surface area contributed by atoms with E-state index in [4.69, 9.17) is 16.3 Å². The van der Waals surface area contributed by atoms with Crippen LogP contribution in [-0.2, 0) is 14.2 Å². The summed E-state index contributed by atoms with van der Waals surface area (Å²) in [5.41, 5.74) is -0.813. The first-order valence-electron chi connectivity index (χ1n) is 2.87. The molecule has 1 heterocycles. The minimum Gasteiger partial charge on any atom is -0.408 e. The molecule has 1 saturated heterocycles. The second-order valence-corrected chi connectivity index (χ2v) is 2.09. The van der Waals surface area contributed by atoms with Gasteiger partial charge in [0.05, 0.1) is 0 Å². The van der Waals surface area contributed by atoms with Gasteiger partial charge in [0.15, 0.2) is 0 Å². The van der Waals surface area contributed by atoms with Crippen molar-refractivity contribution in [2.75, 3.05) is 6.61 Å². The number of halogens is 1. The third-order valence-corrected chi connectivity index (χ3v) is 1.26. The molecule has 5 heteroatoms. The van der Waals surface area contributed by atoms with E-state index in [1.54, 1.807) is 6.92 Å². The van der Waals surface area contributed by atoms with E-state index < -0.39 is 18.0 Å². The smallest absolute Gasteiger partial charge is 0.408 e. The van der Waals surface area contributed by atoms with Crippen molar-refractivity contribution in [3.63, 3.8) is 0 Å². The zero-order chi connectivity index (χ0) is 7.56. The summed E-state index contributed by atoms with van der Waals surface area (Å²) in [7, 11) is 0. The van der Waals surface area contributed by atoms with Crippen LogP contribution in [0.5, 0.6) is 0 Å². The summed E-state index contributed by atoms with van der Waals surface area (Å²) in [6.07, 6.45) is -1.53. The Bertz CT molecular complexity index is 138. The van der Waals surface area contributed by atoms with Gasteiger partial charge in [-0.05, 0) is 6.92 Å². The lowest BCUT2D eigenvalue weighted by molar-refractivity contribution is -0.0801. The SMILES string of the molecule is CCOC1OC(=O)OC1Cl. The van der Waals surface area contributed by atoms with E-state index in [9.17, 15) is 4.79 Å². The Morgan fingerprint density at radius 3 is 2.80 bits per heavy atom. The molecule has 0 saturated carbocycles. The van der Waals surface area contributed by atoms with Gasteiger partial charge in [0.1, 0.15) is 0 Å². The largest absolute Gasteiger partial charge is 0.512 e. The molecule has 2 atom stereocenters. The second-order valence-electron chi connectivity index (χ2n) is 1.66. The van der Waals surface area contributed by atoms with Crippen molar-refractivity contribution >= 4 is 17.8 Å². The Hall–Kier alpha value is -0.480. The molecule has 1 aliphatic heterocycles. The minimum absolute atomic E-state index is 0.435. The van der Waals surface area contributed by atoms with E-state index in [0.717, 1.165) is 0 Å². The zero-order valence-corrected chi connectivity index (χ0v) is 6.13. The van der Waals surface area contributed by atoms with Crippen LogP contribution in [0.1, 0.15) is 6.92 Å². The number of ether oxygens (including phenoxy) is 3. The van der Waals surface area contributed by atoms with Gasteiger partial charge in [-0.25, -0.2) is 4.79 Å². The third-order valence-electron chi connectivity index (χ3n) is 0.966. The summed E-state index contributed by atoms with van der Waals surface area (Å²) in [6, 6.07) is 0. The molecule has 0 aromatic heterocycles. The number of hydrogen-bond donors (Lipinski definition) is 0. The topological polar surface area (TPSA) is 44.8 Å². The molecule has 0 bridgehead atoms. The van der Waals surface area contributed by atoms with Gasteiger partial charge in [0.2, 0.25) is 5.56 Å². The number of rotatable bonds is 2. The fourth-order valence-corrected chi connectivity index (χ4v) is 0.794. The predicted molar refractivity (Wildman–Crippen MR) is 32.6 cm³/mol. The minimum atomic E-state index is -0.813. The Morgan fingerprint density at radius 1 is 1.70 bits per heavy atom. The van der Waals surface area contributed by atoms with Crippen molar-refractivity contribution in [3.8, 4) is 0 Å². The first kappa shape index (κ1) is 7.63. The second kappa shape index (κ2) is 3.07. The monoisotopic (exact) mass is 166 g/mol. The molecule has 0 aromatic carbocycles. The first-order chi connectivity index (χ1) is 4.74. The summed E-state index contributed by atoms with van der Waals surface area (Å²) in [6.45, 7) is 2.21. The number of hydrogen-bond acceptors (Lipinski definition) is 4. The van der Waals surface area contributed by atoms with Gasteiger partial charge in [-0.2, -0.15) is 0 Å². The van der Waals surface area contributed by atoms with Crippen LogP contribution in [0.15, 0.2) is 0 Å². The van der Waals surface area contributed by atoms with Gasteiger partial charge >= 0.3 is 6.16 Å². The van der Waals surface area contributed by atoms with Gasteiger partial charge in [-0.15, -0.1) is 0 Å². The highest BCUT2D eigenvalue weighted by Gasteiger charge is 2.35. The van der Waals surface area contributed by atoms with Crippen LogP contribution in [-0.4, -0.2) is 24.6 Å². The van der Waals surface area contributed by atoms with Crippen molar-refractivity contribution < 1.29 is 19.0 Å². The van der Waals surface area contributed by atoms with Crippen molar-refractivity contribution in [2.24, 2.45) is 0 Å². The fraction of sp³-hybridized carbons (Fsp3) is 0.800. The van der Waals surface area contributed by atoms with Crippen molar-refractivity contribution in [1.82, 2.24) is 0 Å².